The van der Waals surface area contributed by atoms with Gasteiger partial charge in [-0.1, -0.05) is 18.2 Å². The van der Waals surface area contributed by atoms with Gasteiger partial charge in [0.05, 0.1) is 18.0 Å². The summed E-state index contributed by atoms with van der Waals surface area (Å²) in [7, 11) is -3.36. The molecule has 9 heteroatoms. The smallest absolute Gasteiger partial charge is 0.229 e. The molecule has 4 aromatic rings. The topological polar surface area (TPSA) is 79.3 Å². The van der Waals surface area contributed by atoms with Gasteiger partial charge in [-0.3, -0.25) is 9.71 Å². The van der Waals surface area contributed by atoms with Crippen molar-refractivity contribution >= 4 is 38.7 Å². The summed E-state index contributed by atoms with van der Waals surface area (Å²) in [5.74, 6) is 0. The molecular weight excluding hydrogens is 478 g/mol. The van der Waals surface area contributed by atoms with Crippen LogP contribution < -0.4 is 14.9 Å². The van der Waals surface area contributed by atoms with E-state index in [1.165, 1.54) is 5.56 Å². The summed E-state index contributed by atoms with van der Waals surface area (Å²) in [4.78, 5) is 6.69. The van der Waals surface area contributed by atoms with Gasteiger partial charge >= 0.3 is 0 Å². The first-order valence-electron chi connectivity index (χ1n) is 11.1. The predicted molar refractivity (Wildman–Crippen MR) is 143 cm³/mol. The highest BCUT2D eigenvalue weighted by Crippen LogP contribution is 2.42. The quantitative estimate of drug-likeness (QED) is 0.371. The average Bonchev–Trinajstić information content (AvgIpc) is 3.43. The van der Waals surface area contributed by atoms with Crippen molar-refractivity contribution in [2.24, 2.45) is 0 Å². The van der Waals surface area contributed by atoms with Crippen LogP contribution in [-0.4, -0.2) is 29.3 Å². The summed E-state index contributed by atoms with van der Waals surface area (Å²) in [6.45, 7) is 2.08. The Bertz CT molecular complexity index is 1470. The molecule has 3 heterocycles. The van der Waals surface area contributed by atoms with Gasteiger partial charge in [-0.15, -0.1) is 0 Å². The van der Waals surface area contributed by atoms with Crippen LogP contribution >= 0.6 is 12.2 Å². The molecule has 0 aliphatic carbocycles. The third kappa shape index (κ3) is 4.78. The fourth-order valence-corrected chi connectivity index (χ4v) is 5.40. The van der Waals surface area contributed by atoms with E-state index >= 15 is 0 Å². The normalized spacial score (nSPS) is 17.9. The van der Waals surface area contributed by atoms with E-state index in [4.69, 9.17) is 12.2 Å². The van der Waals surface area contributed by atoms with E-state index in [9.17, 15) is 8.42 Å². The largest absolute Gasteiger partial charge is 0.351 e. The number of rotatable bonds is 6. The lowest BCUT2D eigenvalue weighted by Crippen LogP contribution is -2.30. The first kappa shape index (κ1) is 23.1. The van der Waals surface area contributed by atoms with Crippen molar-refractivity contribution in [3.63, 3.8) is 0 Å². The molecule has 7 nitrogen and oxygen atoms in total. The number of hydrogen-bond acceptors (Lipinski definition) is 4. The van der Waals surface area contributed by atoms with Crippen LogP contribution in [0.5, 0.6) is 0 Å². The lowest BCUT2D eigenvalue weighted by molar-refractivity contribution is 0.549. The summed E-state index contributed by atoms with van der Waals surface area (Å²) in [5, 5.41) is 4.05. The number of aryl methyl sites for hydroxylation is 1. The lowest BCUT2D eigenvalue weighted by atomic mass is 10.0. The molecule has 178 valence electrons. The fourth-order valence-electron chi connectivity index (χ4n) is 4.49. The van der Waals surface area contributed by atoms with Crippen molar-refractivity contribution in [2.45, 2.75) is 19.0 Å². The number of benzene rings is 2. The minimum Gasteiger partial charge on any atom is -0.351 e. The number of hydrogen-bond donors (Lipinski definition) is 2. The van der Waals surface area contributed by atoms with Gasteiger partial charge in [0.2, 0.25) is 10.0 Å². The average molecular weight is 504 g/mol. The lowest BCUT2D eigenvalue weighted by Gasteiger charge is -2.29. The number of anilines is 2. The molecule has 0 amide bonds. The van der Waals surface area contributed by atoms with E-state index in [0.29, 0.717) is 10.8 Å². The maximum atomic E-state index is 11.6. The third-order valence-electron chi connectivity index (χ3n) is 5.91. The Hall–Kier alpha value is -3.69. The van der Waals surface area contributed by atoms with Gasteiger partial charge in [-0.2, -0.15) is 0 Å². The minimum atomic E-state index is -3.36. The number of pyridine rings is 1. The highest BCUT2D eigenvalue weighted by atomic mass is 32.2. The van der Waals surface area contributed by atoms with Crippen molar-refractivity contribution in [1.82, 2.24) is 14.9 Å². The maximum Gasteiger partial charge on any atom is 0.229 e. The summed E-state index contributed by atoms with van der Waals surface area (Å²) in [5.41, 5.74) is 5.52. The van der Waals surface area contributed by atoms with E-state index in [1.54, 1.807) is 18.3 Å². The Labute approximate surface area is 210 Å². The zero-order valence-corrected chi connectivity index (χ0v) is 20.9. The van der Waals surface area contributed by atoms with E-state index in [0.717, 1.165) is 29.0 Å². The zero-order valence-electron chi connectivity index (χ0n) is 19.3. The second-order valence-electron chi connectivity index (χ2n) is 8.56. The molecule has 0 saturated carbocycles. The second kappa shape index (κ2) is 9.16. The Morgan fingerprint density at radius 1 is 0.971 bits per heavy atom. The molecular formula is C26H25N5O2S2. The SMILES string of the molecule is Cc1cccc(-n2cccc2C2C(c3ccccn3)NC(=S)N2c2ccc(NS(C)(=O)=O)cc2)c1. The summed E-state index contributed by atoms with van der Waals surface area (Å²) in [6.07, 6.45) is 4.97. The molecule has 2 atom stereocenters. The summed E-state index contributed by atoms with van der Waals surface area (Å²) >= 11 is 5.82. The molecule has 2 N–H and O–H groups in total. The Morgan fingerprint density at radius 3 is 2.46 bits per heavy atom. The molecule has 5 rings (SSSR count). The van der Waals surface area contributed by atoms with Crippen LogP contribution in [0.4, 0.5) is 11.4 Å². The molecule has 35 heavy (non-hydrogen) atoms. The molecule has 2 aromatic heterocycles. The molecule has 1 aliphatic rings. The Kier molecular flexibility index (Phi) is 6.04. The van der Waals surface area contributed by atoms with Crippen LogP contribution in [-0.2, 0) is 10.0 Å². The van der Waals surface area contributed by atoms with E-state index in [1.807, 2.05) is 42.5 Å². The molecule has 0 radical (unpaired) electrons. The van der Waals surface area contributed by atoms with Gasteiger partial charge in [0.1, 0.15) is 6.04 Å². The fraction of sp³-hybridized carbons (Fsp3) is 0.154. The zero-order chi connectivity index (χ0) is 24.6. The van der Waals surface area contributed by atoms with Gasteiger partial charge in [-0.25, -0.2) is 8.42 Å². The first-order valence-corrected chi connectivity index (χ1v) is 13.4. The molecule has 1 saturated heterocycles. The molecule has 1 aliphatic heterocycles. The van der Waals surface area contributed by atoms with Crippen LogP contribution in [0.15, 0.2) is 91.3 Å². The Morgan fingerprint density at radius 2 is 1.77 bits per heavy atom. The van der Waals surface area contributed by atoms with Crippen molar-refractivity contribution in [3.8, 4) is 5.69 Å². The summed E-state index contributed by atoms with van der Waals surface area (Å²) in [6, 6.07) is 25.2. The second-order valence-corrected chi connectivity index (χ2v) is 10.7. The molecule has 2 unspecified atom stereocenters. The number of sulfonamides is 1. The van der Waals surface area contributed by atoms with Crippen molar-refractivity contribution < 1.29 is 8.42 Å². The minimum absolute atomic E-state index is 0.184. The monoisotopic (exact) mass is 503 g/mol. The highest BCUT2D eigenvalue weighted by molar-refractivity contribution is 7.92. The van der Waals surface area contributed by atoms with Crippen LogP contribution in [0.2, 0.25) is 0 Å². The van der Waals surface area contributed by atoms with Crippen LogP contribution in [0.1, 0.15) is 29.0 Å². The van der Waals surface area contributed by atoms with Gasteiger partial charge in [0.15, 0.2) is 5.11 Å². The van der Waals surface area contributed by atoms with Gasteiger partial charge in [-0.05, 0) is 85.4 Å². The van der Waals surface area contributed by atoms with E-state index < -0.39 is 10.0 Å². The van der Waals surface area contributed by atoms with Crippen LogP contribution in [0.3, 0.4) is 0 Å². The molecule has 0 spiro atoms. The van der Waals surface area contributed by atoms with E-state index in [2.05, 4.69) is 61.9 Å². The predicted octanol–water partition coefficient (Wildman–Crippen LogP) is 4.73. The first-order chi connectivity index (χ1) is 16.8. The van der Waals surface area contributed by atoms with Crippen molar-refractivity contribution in [2.75, 3.05) is 15.9 Å². The Balaban J connectivity index is 1.61. The van der Waals surface area contributed by atoms with Crippen molar-refractivity contribution in [3.05, 3.63) is 108 Å². The van der Waals surface area contributed by atoms with Gasteiger partial charge in [0, 0.05) is 35.1 Å². The molecule has 1 fully saturated rings. The highest BCUT2D eigenvalue weighted by Gasteiger charge is 2.42. The van der Waals surface area contributed by atoms with Gasteiger partial charge in [0.25, 0.3) is 0 Å². The standard InChI is InChI=1S/C26H25N5O2S2/c1-18-7-5-8-21(17-18)30-16-6-10-23(30)25-24(22-9-3-4-15-27-22)28-26(34)31(25)20-13-11-19(12-14-20)29-35(2,32)33/h3-17,24-25,29H,1-2H3,(H,28,34). The number of thiocarbonyl (C=S) groups is 1. The van der Waals surface area contributed by atoms with E-state index in [-0.39, 0.29) is 12.1 Å². The van der Waals surface area contributed by atoms with Crippen LogP contribution in [0.25, 0.3) is 5.69 Å². The third-order valence-corrected chi connectivity index (χ3v) is 6.83. The summed E-state index contributed by atoms with van der Waals surface area (Å²) < 4.78 is 28.0. The molecule has 2 aromatic carbocycles. The van der Waals surface area contributed by atoms with Gasteiger partial charge < -0.3 is 14.8 Å². The number of nitrogens with one attached hydrogen (secondary N) is 2. The maximum absolute atomic E-state index is 11.6. The number of aromatic nitrogens is 2. The van der Waals surface area contributed by atoms with Crippen LogP contribution in [0, 0.1) is 6.92 Å². The number of nitrogens with zero attached hydrogens (tertiary/aromatic N) is 3. The van der Waals surface area contributed by atoms with Crippen molar-refractivity contribution in [1.29, 1.82) is 0 Å². The molecule has 0 bridgehead atoms.